The van der Waals surface area contributed by atoms with Gasteiger partial charge in [-0.2, -0.15) is 4.98 Å². The number of benzene rings is 2. The number of halogens is 1. The molecule has 0 aliphatic carbocycles. The number of phenolic OH excluding ortho intramolecular Hbond substituents is 1. The second-order valence-corrected chi connectivity index (χ2v) is 4.12. The van der Waals surface area contributed by atoms with Crippen LogP contribution in [0.4, 0.5) is 17.5 Å². The lowest BCUT2D eigenvalue weighted by Gasteiger charge is -2.07. The minimum Gasteiger partial charge on any atom is -0.508 e. The molecule has 0 aliphatic heterocycles. The van der Waals surface area contributed by atoms with Crippen molar-refractivity contribution in [2.45, 2.75) is 0 Å². The molecule has 20 heavy (non-hydrogen) atoms. The lowest BCUT2D eigenvalue weighted by atomic mass is 10.2. The molecule has 6 heteroatoms. The molecule has 3 rings (SSSR count). The van der Waals surface area contributed by atoms with E-state index in [9.17, 15) is 5.11 Å². The van der Waals surface area contributed by atoms with Crippen LogP contribution in [-0.4, -0.2) is 15.1 Å². The summed E-state index contributed by atoms with van der Waals surface area (Å²) in [6.07, 6.45) is 0. The van der Waals surface area contributed by atoms with Gasteiger partial charge in [0.1, 0.15) is 11.6 Å². The van der Waals surface area contributed by atoms with E-state index in [0.717, 1.165) is 16.6 Å². The molecule has 0 atom stereocenters. The molecule has 5 nitrogen and oxygen atoms in total. The number of nitrogens with zero attached hydrogens (tertiary/aromatic N) is 2. The van der Waals surface area contributed by atoms with E-state index < -0.39 is 0 Å². The van der Waals surface area contributed by atoms with Crippen LogP contribution in [0.25, 0.3) is 10.9 Å². The Labute approximate surface area is 121 Å². The number of phenols is 1. The maximum Gasteiger partial charge on any atom is 0.229 e. The van der Waals surface area contributed by atoms with E-state index in [-0.39, 0.29) is 18.2 Å². The van der Waals surface area contributed by atoms with E-state index in [1.807, 2.05) is 24.3 Å². The van der Waals surface area contributed by atoms with Crippen LogP contribution in [0.15, 0.2) is 48.5 Å². The molecule has 0 amide bonds. The summed E-state index contributed by atoms with van der Waals surface area (Å²) < 4.78 is 0. The van der Waals surface area contributed by atoms with Crippen molar-refractivity contribution in [3.8, 4) is 5.75 Å². The molecule has 0 radical (unpaired) electrons. The Morgan fingerprint density at radius 1 is 0.950 bits per heavy atom. The number of aromatic hydroxyl groups is 1. The normalized spacial score (nSPS) is 10.0. The minimum atomic E-state index is 0. The number of hydrogen-bond donors (Lipinski definition) is 3. The lowest BCUT2D eigenvalue weighted by Crippen LogP contribution is -2.01. The Bertz CT molecular complexity index is 731. The summed E-state index contributed by atoms with van der Waals surface area (Å²) in [7, 11) is 0. The Kier molecular flexibility index (Phi) is 3.91. The molecule has 0 saturated heterocycles. The number of aromatic nitrogens is 2. The molecular weight excluding hydrogens is 276 g/mol. The third-order valence-corrected chi connectivity index (χ3v) is 2.76. The predicted octanol–water partition coefficient (Wildman–Crippen LogP) is 3.08. The van der Waals surface area contributed by atoms with Gasteiger partial charge in [-0.3, -0.25) is 0 Å². The molecule has 0 unspecified atom stereocenters. The highest BCUT2D eigenvalue weighted by Crippen LogP contribution is 2.22. The fourth-order valence-electron chi connectivity index (χ4n) is 1.83. The van der Waals surface area contributed by atoms with Crippen LogP contribution >= 0.6 is 12.4 Å². The maximum atomic E-state index is 9.23. The first kappa shape index (κ1) is 13.9. The second-order valence-electron chi connectivity index (χ2n) is 4.12. The molecule has 1 heterocycles. The Morgan fingerprint density at radius 3 is 2.40 bits per heavy atom. The Balaban J connectivity index is 0.00000147. The number of nitrogens with two attached hydrogens (primary N) is 1. The minimum absolute atomic E-state index is 0. The lowest BCUT2D eigenvalue weighted by molar-refractivity contribution is 0.475. The molecular formula is C14H13ClN4O. The molecule has 0 bridgehead atoms. The van der Waals surface area contributed by atoms with Crippen LogP contribution in [0.1, 0.15) is 0 Å². The quantitative estimate of drug-likeness (QED) is 0.631. The van der Waals surface area contributed by atoms with E-state index in [1.54, 1.807) is 24.3 Å². The number of nitrogen functional groups attached to an aromatic ring is 1. The van der Waals surface area contributed by atoms with Crippen molar-refractivity contribution in [3.63, 3.8) is 0 Å². The number of para-hydroxylation sites is 1. The van der Waals surface area contributed by atoms with Crippen molar-refractivity contribution in [1.29, 1.82) is 0 Å². The van der Waals surface area contributed by atoms with Gasteiger partial charge in [0.05, 0.1) is 5.52 Å². The fourth-order valence-corrected chi connectivity index (χ4v) is 1.83. The standard InChI is InChI=1S/C14H12N4O.ClH/c15-13-11-3-1-2-4-12(11)17-14(18-13)16-9-5-7-10(19)8-6-9;/h1-8,19H,(H3,15,16,17,18);1H. The van der Waals surface area contributed by atoms with Gasteiger partial charge in [-0.05, 0) is 36.4 Å². The van der Waals surface area contributed by atoms with Gasteiger partial charge in [-0.1, -0.05) is 12.1 Å². The zero-order valence-electron chi connectivity index (χ0n) is 10.4. The van der Waals surface area contributed by atoms with Gasteiger partial charge in [0.2, 0.25) is 5.95 Å². The van der Waals surface area contributed by atoms with Crippen molar-refractivity contribution in [3.05, 3.63) is 48.5 Å². The first-order valence-electron chi connectivity index (χ1n) is 5.81. The van der Waals surface area contributed by atoms with Gasteiger partial charge in [-0.15, -0.1) is 12.4 Å². The van der Waals surface area contributed by atoms with Crippen LogP contribution in [0.5, 0.6) is 5.75 Å². The number of hydrogen-bond acceptors (Lipinski definition) is 5. The molecule has 0 fully saturated rings. The summed E-state index contributed by atoms with van der Waals surface area (Å²) in [5.74, 6) is 1.08. The Hall–Kier alpha value is -2.53. The number of rotatable bonds is 2. The van der Waals surface area contributed by atoms with E-state index in [2.05, 4.69) is 15.3 Å². The average Bonchev–Trinajstić information content (AvgIpc) is 2.42. The van der Waals surface area contributed by atoms with Crippen LogP contribution in [-0.2, 0) is 0 Å². The number of nitrogens with one attached hydrogen (secondary N) is 1. The molecule has 0 spiro atoms. The zero-order valence-corrected chi connectivity index (χ0v) is 11.3. The molecule has 102 valence electrons. The highest BCUT2D eigenvalue weighted by Gasteiger charge is 2.04. The van der Waals surface area contributed by atoms with Crippen molar-refractivity contribution in [1.82, 2.24) is 9.97 Å². The summed E-state index contributed by atoms with van der Waals surface area (Å²) in [4.78, 5) is 8.60. The van der Waals surface area contributed by atoms with Gasteiger partial charge < -0.3 is 16.2 Å². The summed E-state index contributed by atoms with van der Waals surface area (Å²) >= 11 is 0. The first-order chi connectivity index (χ1) is 9.22. The summed E-state index contributed by atoms with van der Waals surface area (Å²) in [6.45, 7) is 0. The summed E-state index contributed by atoms with van der Waals surface area (Å²) in [5, 5.41) is 13.1. The van der Waals surface area contributed by atoms with E-state index in [4.69, 9.17) is 5.73 Å². The van der Waals surface area contributed by atoms with Gasteiger partial charge >= 0.3 is 0 Å². The third kappa shape index (κ3) is 2.73. The SMILES string of the molecule is Cl.Nc1nc(Nc2ccc(O)cc2)nc2ccccc12. The third-order valence-electron chi connectivity index (χ3n) is 2.76. The van der Waals surface area contributed by atoms with Crippen molar-refractivity contribution < 1.29 is 5.11 Å². The van der Waals surface area contributed by atoms with Crippen molar-refractivity contribution in [2.24, 2.45) is 0 Å². The van der Waals surface area contributed by atoms with Crippen LogP contribution in [0, 0.1) is 0 Å². The van der Waals surface area contributed by atoms with E-state index in [1.165, 1.54) is 0 Å². The van der Waals surface area contributed by atoms with Crippen LogP contribution < -0.4 is 11.1 Å². The zero-order chi connectivity index (χ0) is 13.2. The Morgan fingerprint density at radius 2 is 1.65 bits per heavy atom. The number of fused-ring (bicyclic) bond motifs is 1. The molecule has 0 saturated carbocycles. The van der Waals surface area contributed by atoms with Gasteiger partial charge in [0.25, 0.3) is 0 Å². The molecule has 0 aliphatic rings. The number of anilines is 3. The first-order valence-corrected chi connectivity index (χ1v) is 5.81. The van der Waals surface area contributed by atoms with Crippen LogP contribution in [0.3, 0.4) is 0 Å². The summed E-state index contributed by atoms with van der Waals surface area (Å²) in [5.41, 5.74) is 7.48. The van der Waals surface area contributed by atoms with E-state index in [0.29, 0.717) is 11.8 Å². The van der Waals surface area contributed by atoms with Gasteiger partial charge in [-0.25, -0.2) is 4.98 Å². The fraction of sp³-hybridized carbons (Fsp3) is 0. The van der Waals surface area contributed by atoms with Crippen molar-refractivity contribution in [2.75, 3.05) is 11.1 Å². The molecule has 1 aromatic heterocycles. The van der Waals surface area contributed by atoms with E-state index >= 15 is 0 Å². The largest absolute Gasteiger partial charge is 0.508 e. The summed E-state index contributed by atoms with van der Waals surface area (Å²) in [6, 6.07) is 14.2. The van der Waals surface area contributed by atoms with Gasteiger partial charge in [0, 0.05) is 11.1 Å². The molecule has 3 aromatic rings. The second kappa shape index (κ2) is 5.63. The highest BCUT2D eigenvalue weighted by atomic mass is 35.5. The average molecular weight is 289 g/mol. The molecule has 4 N–H and O–H groups in total. The smallest absolute Gasteiger partial charge is 0.229 e. The monoisotopic (exact) mass is 288 g/mol. The maximum absolute atomic E-state index is 9.23. The van der Waals surface area contributed by atoms with Crippen molar-refractivity contribution >= 4 is 40.8 Å². The topological polar surface area (TPSA) is 84.1 Å². The molecule has 2 aromatic carbocycles. The van der Waals surface area contributed by atoms with Gasteiger partial charge in [0.15, 0.2) is 0 Å². The predicted molar refractivity (Wildman–Crippen MR) is 82.6 cm³/mol. The van der Waals surface area contributed by atoms with Crippen LogP contribution in [0.2, 0.25) is 0 Å². The highest BCUT2D eigenvalue weighted by molar-refractivity contribution is 5.89.